The van der Waals surface area contributed by atoms with E-state index in [9.17, 15) is 0 Å². The van der Waals surface area contributed by atoms with Gasteiger partial charge in [0.15, 0.2) is 0 Å². The quantitative estimate of drug-likeness (QED) is 0.669. The van der Waals surface area contributed by atoms with Crippen molar-refractivity contribution in [1.82, 2.24) is 15.4 Å². The second-order valence-electron chi connectivity index (χ2n) is 3.78. The van der Waals surface area contributed by atoms with Gasteiger partial charge in [0.2, 0.25) is 0 Å². The highest BCUT2D eigenvalue weighted by Gasteiger charge is 2.08. The highest BCUT2D eigenvalue weighted by atomic mass is 15.3. The maximum atomic E-state index is 4.20. The first-order chi connectivity index (χ1) is 7.86. The first-order valence-corrected chi connectivity index (χ1v) is 5.22. The Morgan fingerprint density at radius 2 is 1.75 bits per heavy atom. The van der Waals surface area contributed by atoms with Crippen molar-refractivity contribution in [2.75, 3.05) is 0 Å². The molecule has 0 bridgehead atoms. The van der Waals surface area contributed by atoms with Crippen LogP contribution in [0, 0.1) is 6.92 Å². The molecule has 0 fully saturated rings. The average molecular weight is 209 g/mol. The molecule has 1 N–H and O–H groups in total. The summed E-state index contributed by atoms with van der Waals surface area (Å²) in [6, 6.07) is 14.5. The molecule has 0 atom stereocenters. The topological polar surface area (TPSA) is 41.6 Å². The van der Waals surface area contributed by atoms with Crippen LogP contribution < -0.4 is 0 Å². The van der Waals surface area contributed by atoms with Crippen LogP contribution in [0.4, 0.5) is 0 Å². The summed E-state index contributed by atoms with van der Waals surface area (Å²) >= 11 is 0. The van der Waals surface area contributed by atoms with Crippen LogP contribution in [-0.2, 0) is 0 Å². The maximum Gasteiger partial charge on any atom is 0.116 e. The molecule has 3 nitrogen and oxygen atoms in total. The summed E-state index contributed by atoms with van der Waals surface area (Å²) in [5, 5.41) is 13.4. The lowest BCUT2D eigenvalue weighted by Crippen LogP contribution is -1.83. The molecule has 0 unspecified atom stereocenters. The van der Waals surface area contributed by atoms with Crippen molar-refractivity contribution in [2.24, 2.45) is 0 Å². The molecule has 1 heterocycles. The molecule has 0 aliphatic carbocycles. The summed E-state index contributed by atoms with van der Waals surface area (Å²) in [5.41, 5.74) is 2.98. The van der Waals surface area contributed by atoms with E-state index in [0.717, 1.165) is 17.0 Å². The summed E-state index contributed by atoms with van der Waals surface area (Å²) in [7, 11) is 0. The van der Waals surface area contributed by atoms with Gasteiger partial charge in [0.25, 0.3) is 0 Å². The molecule has 3 rings (SSSR count). The summed E-state index contributed by atoms with van der Waals surface area (Å²) in [5.74, 6) is 0. The first-order valence-electron chi connectivity index (χ1n) is 5.22. The van der Waals surface area contributed by atoms with Gasteiger partial charge in [0.05, 0.1) is 5.69 Å². The van der Waals surface area contributed by atoms with E-state index in [1.54, 1.807) is 0 Å². The largest absolute Gasteiger partial charge is 0.197 e. The van der Waals surface area contributed by atoms with Crippen molar-refractivity contribution in [2.45, 2.75) is 6.92 Å². The van der Waals surface area contributed by atoms with E-state index in [1.165, 1.54) is 10.8 Å². The van der Waals surface area contributed by atoms with Gasteiger partial charge >= 0.3 is 0 Å². The molecule has 3 heteroatoms. The van der Waals surface area contributed by atoms with Crippen molar-refractivity contribution in [3.05, 3.63) is 48.2 Å². The lowest BCUT2D eigenvalue weighted by atomic mass is 10.0. The molecule has 16 heavy (non-hydrogen) atoms. The van der Waals surface area contributed by atoms with Crippen molar-refractivity contribution < 1.29 is 0 Å². The fraction of sp³-hybridized carbons (Fsp3) is 0.0769. The number of fused-ring (bicyclic) bond motifs is 1. The number of rotatable bonds is 1. The predicted molar refractivity (Wildman–Crippen MR) is 64.1 cm³/mol. The van der Waals surface area contributed by atoms with Crippen molar-refractivity contribution in [1.29, 1.82) is 0 Å². The van der Waals surface area contributed by atoms with Gasteiger partial charge in [-0.05, 0) is 17.7 Å². The highest BCUT2D eigenvalue weighted by molar-refractivity contribution is 5.96. The van der Waals surface area contributed by atoms with Crippen molar-refractivity contribution in [3.8, 4) is 11.3 Å². The van der Waals surface area contributed by atoms with Gasteiger partial charge in [-0.3, -0.25) is 0 Å². The third kappa shape index (κ3) is 1.29. The third-order valence-corrected chi connectivity index (χ3v) is 2.77. The van der Waals surface area contributed by atoms with Crippen LogP contribution in [0.25, 0.3) is 22.0 Å². The van der Waals surface area contributed by atoms with Gasteiger partial charge in [0.1, 0.15) is 5.69 Å². The van der Waals surface area contributed by atoms with E-state index in [-0.39, 0.29) is 0 Å². The molecule has 78 valence electrons. The fourth-order valence-electron chi connectivity index (χ4n) is 1.97. The van der Waals surface area contributed by atoms with Gasteiger partial charge in [-0.2, -0.15) is 15.4 Å². The minimum absolute atomic E-state index is 0.927. The van der Waals surface area contributed by atoms with Crippen LogP contribution in [0.1, 0.15) is 5.69 Å². The molecule has 3 aromatic rings. The Kier molecular flexibility index (Phi) is 1.96. The minimum Gasteiger partial charge on any atom is -0.197 e. The van der Waals surface area contributed by atoms with E-state index in [1.807, 2.05) is 25.1 Å². The number of hydrogen-bond donors (Lipinski definition) is 1. The van der Waals surface area contributed by atoms with Crippen LogP contribution in [-0.4, -0.2) is 15.4 Å². The molecular weight excluding hydrogens is 198 g/mol. The van der Waals surface area contributed by atoms with Crippen LogP contribution in [0.5, 0.6) is 0 Å². The predicted octanol–water partition coefficient (Wildman–Crippen LogP) is 2.93. The molecule has 2 aromatic carbocycles. The van der Waals surface area contributed by atoms with Crippen LogP contribution >= 0.6 is 0 Å². The molecule has 0 aliphatic heterocycles. The molecule has 0 spiro atoms. The zero-order valence-corrected chi connectivity index (χ0v) is 8.94. The van der Waals surface area contributed by atoms with Crippen molar-refractivity contribution >= 4 is 10.8 Å². The molecule has 0 radical (unpaired) electrons. The maximum absolute atomic E-state index is 4.20. The summed E-state index contributed by atoms with van der Waals surface area (Å²) < 4.78 is 0. The highest BCUT2D eigenvalue weighted by Crippen LogP contribution is 2.27. The Morgan fingerprint density at radius 1 is 0.938 bits per heavy atom. The number of aryl methyl sites for hydroxylation is 1. The second kappa shape index (κ2) is 3.45. The number of aromatic nitrogens is 3. The lowest BCUT2D eigenvalue weighted by Gasteiger charge is -2.03. The zero-order valence-electron chi connectivity index (χ0n) is 8.94. The van der Waals surface area contributed by atoms with E-state index < -0.39 is 0 Å². The number of aromatic amines is 1. The average Bonchev–Trinajstić information content (AvgIpc) is 2.75. The SMILES string of the molecule is Cc1n[nH]nc1-c1cccc2ccccc12. The van der Waals surface area contributed by atoms with Crippen LogP contribution in [0.2, 0.25) is 0 Å². The number of H-pyrrole nitrogens is 1. The first kappa shape index (κ1) is 9.09. The third-order valence-electron chi connectivity index (χ3n) is 2.77. The molecular formula is C13H11N3. The van der Waals surface area contributed by atoms with E-state index in [2.05, 4.69) is 39.7 Å². The van der Waals surface area contributed by atoms with Crippen molar-refractivity contribution in [3.63, 3.8) is 0 Å². The lowest BCUT2D eigenvalue weighted by molar-refractivity contribution is 0.930. The molecule has 0 amide bonds. The summed E-state index contributed by atoms with van der Waals surface area (Å²) in [4.78, 5) is 0. The molecule has 0 saturated heterocycles. The zero-order chi connectivity index (χ0) is 11.0. The summed E-state index contributed by atoms with van der Waals surface area (Å²) in [6.45, 7) is 1.96. The van der Waals surface area contributed by atoms with Gasteiger partial charge in [-0.15, -0.1) is 0 Å². The Labute approximate surface area is 93.1 Å². The van der Waals surface area contributed by atoms with Gasteiger partial charge in [-0.25, -0.2) is 0 Å². The molecule has 0 aliphatic rings. The Morgan fingerprint density at radius 3 is 2.56 bits per heavy atom. The fourth-order valence-corrected chi connectivity index (χ4v) is 1.97. The van der Waals surface area contributed by atoms with E-state index >= 15 is 0 Å². The van der Waals surface area contributed by atoms with E-state index in [4.69, 9.17) is 0 Å². The number of benzene rings is 2. The monoisotopic (exact) mass is 209 g/mol. The Hall–Kier alpha value is -2.16. The molecule has 1 aromatic heterocycles. The number of nitrogens with one attached hydrogen (secondary N) is 1. The smallest absolute Gasteiger partial charge is 0.116 e. The summed E-state index contributed by atoms with van der Waals surface area (Å²) in [6.07, 6.45) is 0. The minimum atomic E-state index is 0.927. The van der Waals surface area contributed by atoms with Gasteiger partial charge in [-0.1, -0.05) is 42.5 Å². The normalized spacial score (nSPS) is 10.8. The Balaban J connectivity index is 2.36. The van der Waals surface area contributed by atoms with E-state index in [0.29, 0.717) is 0 Å². The standard InChI is InChI=1S/C13H11N3/c1-9-13(15-16-14-9)12-8-4-6-10-5-2-3-7-11(10)12/h2-8H,1H3,(H,14,15,16). The Bertz CT molecular complexity index is 635. The van der Waals surface area contributed by atoms with Gasteiger partial charge < -0.3 is 0 Å². The van der Waals surface area contributed by atoms with Crippen LogP contribution in [0.15, 0.2) is 42.5 Å². The van der Waals surface area contributed by atoms with Crippen LogP contribution in [0.3, 0.4) is 0 Å². The number of nitrogens with zero attached hydrogens (tertiary/aromatic N) is 2. The second-order valence-corrected chi connectivity index (χ2v) is 3.78. The molecule has 0 saturated carbocycles. The number of hydrogen-bond acceptors (Lipinski definition) is 2. The van der Waals surface area contributed by atoms with Gasteiger partial charge in [0, 0.05) is 5.56 Å².